The van der Waals surface area contributed by atoms with Crippen molar-refractivity contribution < 1.29 is 23.5 Å². The van der Waals surface area contributed by atoms with Gasteiger partial charge in [0.1, 0.15) is 22.9 Å². The molecule has 2 N–H and O–H groups in total. The van der Waals surface area contributed by atoms with E-state index in [1.807, 2.05) is 0 Å². The van der Waals surface area contributed by atoms with E-state index in [1.165, 1.54) is 18.2 Å². The minimum atomic E-state index is -1.31. The first-order valence-corrected chi connectivity index (χ1v) is 7.88. The molecule has 7 heteroatoms. The third kappa shape index (κ3) is 2.80. The largest absolute Gasteiger partial charge is 0.466 e. The number of halogens is 1. The van der Waals surface area contributed by atoms with Gasteiger partial charge in [0, 0.05) is 11.1 Å². The zero-order valence-electron chi connectivity index (χ0n) is 14.2. The smallest absolute Gasteiger partial charge is 0.325 e. The van der Waals surface area contributed by atoms with E-state index in [2.05, 4.69) is 5.32 Å². The third-order valence-electron chi connectivity index (χ3n) is 4.47. The van der Waals surface area contributed by atoms with E-state index in [9.17, 15) is 19.1 Å². The molecular weight excluding hydrogens is 327 g/mol. The van der Waals surface area contributed by atoms with Crippen molar-refractivity contribution in [3.8, 4) is 0 Å². The highest BCUT2D eigenvalue weighted by Crippen LogP contribution is 2.33. The molecule has 1 saturated heterocycles. The number of rotatable bonds is 4. The number of carbonyl (C=O) groups excluding carboxylic acids is 2. The number of furan rings is 1. The van der Waals surface area contributed by atoms with Gasteiger partial charge in [-0.05, 0) is 32.9 Å². The molecule has 0 bridgehead atoms. The van der Waals surface area contributed by atoms with Gasteiger partial charge in [0.05, 0.1) is 12.6 Å². The maximum atomic E-state index is 13.8. The number of amides is 3. The van der Waals surface area contributed by atoms with Crippen molar-refractivity contribution in [2.75, 3.05) is 6.54 Å². The first-order valence-electron chi connectivity index (χ1n) is 7.88. The summed E-state index contributed by atoms with van der Waals surface area (Å²) in [6.45, 7) is 4.71. The molecule has 3 rings (SSSR count). The van der Waals surface area contributed by atoms with E-state index in [-0.39, 0.29) is 12.1 Å². The monoisotopic (exact) mass is 346 g/mol. The molecule has 132 valence electrons. The van der Waals surface area contributed by atoms with Crippen molar-refractivity contribution in [3.63, 3.8) is 0 Å². The molecule has 1 aromatic carbocycles. The summed E-state index contributed by atoms with van der Waals surface area (Å²) in [6.07, 6.45) is -1.31. The fraction of sp³-hybridized carbons (Fsp3) is 0.333. The molecule has 0 unspecified atom stereocenters. The molecule has 25 heavy (non-hydrogen) atoms. The fourth-order valence-electron chi connectivity index (χ4n) is 3.19. The molecule has 0 saturated carbocycles. The first kappa shape index (κ1) is 17.2. The molecule has 2 atom stereocenters. The molecule has 1 aromatic heterocycles. The Morgan fingerprint density at radius 2 is 2.00 bits per heavy atom. The van der Waals surface area contributed by atoms with Crippen molar-refractivity contribution in [1.82, 2.24) is 10.2 Å². The molecule has 2 aromatic rings. The molecule has 1 fully saturated rings. The Bertz CT molecular complexity index is 847. The van der Waals surface area contributed by atoms with Crippen molar-refractivity contribution >= 4 is 11.9 Å². The van der Waals surface area contributed by atoms with Crippen molar-refractivity contribution in [2.24, 2.45) is 0 Å². The van der Waals surface area contributed by atoms with Gasteiger partial charge in [-0.2, -0.15) is 0 Å². The van der Waals surface area contributed by atoms with Crippen molar-refractivity contribution in [1.29, 1.82) is 0 Å². The van der Waals surface area contributed by atoms with Gasteiger partial charge in [0.25, 0.3) is 5.91 Å². The van der Waals surface area contributed by atoms with Gasteiger partial charge >= 0.3 is 6.03 Å². The Hall–Kier alpha value is -2.67. The quantitative estimate of drug-likeness (QED) is 0.834. The standard InChI is InChI=1S/C18H19FN2O4/c1-10-8-13(11(2)25-10)18(3)16(23)21(17(24)20-18)9-15(22)12-6-4-5-7-14(12)19/h4-8,15,22H,9H2,1-3H3,(H,20,24)/t15-,18+/m0/s1. The first-order chi connectivity index (χ1) is 11.7. The summed E-state index contributed by atoms with van der Waals surface area (Å²) < 4.78 is 19.3. The second-order valence-electron chi connectivity index (χ2n) is 6.34. The maximum Gasteiger partial charge on any atom is 0.325 e. The average molecular weight is 346 g/mol. The summed E-state index contributed by atoms with van der Waals surface area (Å²) in [5.41, 5.74) is -0.688. The number of β-amino-alcohol motifs (C(OH)–C–C–N with tert-alkyl or cyclic N) is 1. The van der Waals surface area contributed by atoms with E-state index in [0.717, 1.165) is 4.90 Å². The number of aliphatic hydroxyl groups excluding tert-OH is 1. The molecule has 6 nitrogen and oxygen atoms in total. The van der Waals surface area contributed by atoms with Crippen LogP contribution in [0.1, 0.15) is 35.7 Å². The Balaban J connectivity index is 1.87. The van der Waals surface area contributed by atoms with Crippen LogP contribution in [-0.2, 0) is 10.3 Å². The number of benzene rings is 1. The van der Waals surface area contributed by atoms with Crippen molar-refractivity contribution in [2.45, 2.75) is 32.4 Å². The second-order valence-corrected chi connectivity index (χ2v) is 6.34. The number of carbonyl (C=O) groups is 2. The molecule has 3 amide bonds. The summed E-state index contributed by atoms with van der Waals surface area (Å²) in [4.78, 5) is 26.1. The van der Waals surface area contributed by atoms with Gasteiger partial charge in [-0.1, -0.05) is 18.2 Å². The number of hydrogen-bond acceptors (Lipinski definition) is 4. The Labute approximate surface area is 144 Å². The molecule has 1 aliphatic rings. The SMILES string of the molecule is Cc1cc([C@@]2(C)NC(=O)N(C[C@H](O)c3ccccc3F)C2=O)c(C)o1. The highest BCUT2D eigenvalue weighted by molar-refractivity contribution is 6.07. The number of aliphatic hydroxyl groups is 1. The Morgan fingerprint density at radius 3 is 2.60 bits per heavy atom. The van der Waals surface area contributed by atoms with E-state index in [1.54, 1.807) is 32.9 Å². The number of aryl methyl sites for hydroxylation is 2. The van der Waals surface area contributed by atoms with Gasteiger partial charge in [-0.3, -0.25) is 9.69 Å². The highest BCUT2D eigenvalue weighted by Gasteiger charge is 2.51. The molecular formula is C18H19FN2O4. The number of nitrogens with one attached hydrogen (secondary N) is 1. The predicted molar refractivity (Wildman–Crippen MR) is 87.1 cm³/mol. The highest BCUT2D eigenvalue weighted by atomic mass is 19.1. The Morgan fingerprint density at radius 1 is 1.32 bits per heavy atom. The van der Waals surface area contributed by atoms with Crippen molar-refractivity contribution in [3.05, 3.63) is 58.8 Å². The van der Waals surface area contributed by atoms with Crippen LogP contribution in [0.4, 0.5) is 9.18 Å². The topological polar surface area (TPSA) is 82.8 Å². The van der Waals surface area contributed by atoms with Crippen LogP contribution in [0.3, 0.4) is 0 Å². The van der Waals surface area contributed by atoms with Crippen LogP contribution in [0.2, 0.25) is 0 Å². The zero-order valence-corrected chi connectivity index (χ0v) is 14.2. The minimum Gasteiger partial charge on any atom is -0.466 e. The van der Waals surface area contributed by atoms with E-state index in [4.69, 9.17) is 4.42 Å². The summed E-state index contributed by atoms with van der Waals surface area (Å²) in [5.74, 6) is 0.0497. The molecule has 0 aliphatic carbocycles. The van der Waals surface area contributed by atoms with E-state index in [0.29, 0.717) is 17.1 Å². The van der Waals surface area contributed by atoms with E-state index >= 15 is 0 Å². The number of hydrogen-bond donors (Lipinski definition) is 2. The van der Waals surface area contributed by atoms with E-state index < -0.39 is 29.4 Å². The lowest BCUT2D eigenvalue weighted by Crippen LogP contribution is -2.41. The number of nitrogens with zero attached hydrogens (tertiary/aromatic N) is 1. The zero-order chi connectivity index (χ0) is 18.4. The molecule has 0 spiro atoms. The van der Waals surface area contributed by atoms with Crippen LogP contribution < -0.4 is 5.32 Å². The fourth-order valence-corrected chi connectivity index (χ4v) is 3.19. The third-order valence-corrected chi connectivity index (χ3v) is 4.47. The van der Waals surface area contributed by atoms with Gasteiger partial charge in [-0.15, -0.1) is 0 Å². The number of imide groups is 1. The van der Waals surface area contributed by atoms with Crippen LogP contribution >= 0.6 is 0 Å². The van der Waals surface area contributed by atoms with Crippen LogP contribution in [0, 0.1) is 19.7 Å². The summed E-state index contributed by atoms with van der Waals surface area (Å²) in [6, 6.07) is 6.77. The second kappa shape index (κ2) is 6.00. The lowest BCUT2D eigenvalue weighted by molar-refractivity contribution is -0.132. The van der Waals surface area contributed by atoms with Crippen LogP contribution in [0.5, 0.6) is 0 Å². The Kier molecular flexibility index (Phi) is 4.12. The predicted octanol–water partition coefficient (Wildman–Crippen LogP) is 2.54. The molecule has 0 radical (unpaired) electrons. The van der Waals surface area contributed by atoms with Gasteiger partial charge < -0.3 is 14.8 Å². The van der Waals surface area contributed by atoms with Crippen LogP contribution in [-0.4, -0.2) is 28.5 Å². The van der Waals surface area contributed by atoms with Gasteiger partial charge in [0.15, 0.2) is 0 Å². The lowest BCUT2D eigenvalue weighted by Gasteiger charge is -2.22. The van der Waals surface area contributed by atoms with Gasteiger partial charge in [0.2, 0.25) is 0 Å². The van der Waals surface area contributed by atoms with Gasteiger partial charge in [-0.25, -0.2) is 9.18 Å². The number of urea groups is 1. The molecule has 2 heterocycles. The lowest BCUT2D eigenvalue weighted by atomic mass is 9.92. The van der Waals surface area contributed by atoms with Crippen LogP contribution in [0.25, 0.3) is 0 Å². The summed E-state index contributed by atoms with van der Waals surface area (Å²) >= 11 is 0. The maximum absolute atomic E-state index is 13.8. The normalized spacial score (nSPS) is 21.6. The average Bonchev–Trinajstić information content (AvgIpc) is 3.00. The van der Waals surface area contributed by atoms with Crippen LogP contribution in [0.15, 0.2) is 34.7 Å². The summed E-state index contributed by atoms with van der Waals surface area (Å²) in [7, 11) is 0. The molecule has 1 aliphatic heterocycles. The minimum absolute atomic E-state index is 0.0343. The summed E-state index contributed by atoms with van der Waals surface area (Å²) in [5, 5.41) is 12.9.